The number of nitrogens with zero attached hydrogens (tertiary/aromatic N) is 6. The number of hydrogen-bond donors (Lipinski definition) is 3. The van der Waals surface area contributed by atoms with Gasteiger partial charge in [-0.2, -0.15) is 5.10 Å². The van der Waals surface area contributed by atoms with Crippen molar-refractivity contribution in [2.75, 3.05) is 18.0 Å². The van der Waals surface area contributed by atoms with Crippen LogP contribution in [-0.2, 0) is 0 Å². The van der Waals surface area contributed by atoms with Crippen molar-refractivity contribution in [1.82, 2.24) is 35.1 Å². The number of hydrogen-bond acceptors (Lipinski definition) is 7. The molecule has 0 aromatic carbocycles. The van der Waals surface area contributed by atoms with Gasteiger partial charge in [0, 0.05) is 47.9 Å². The number of nitrogens with two attached hydrogens (primary N) is 1. The van der Waals surface area contributed by atoms with E-state index in [1.54, 1.807) is 24.8 Å². The molecule has 29 heavy (non-hydrogen) atoms. The topological polar surface area (TPSA) is 125 Å². The Kier molecular flexibility index (Phi) is 3.38. The summed E-state index contributed by atoms with van der Waals surface area (Å²) in [5.74, 6) is 0.833. The van der Waals surface area contributed by atoms with Crippen molar-refractivity contribution in [3.8, 4) is 22.6 Å². The van der Waals surface area contributed by atoms with Gasteiger partial charge in [0.2, 0.25) is 0 Å². The summed E-state index contributed by atoms with van der Waals surface area (Å²) in [4.78, 5) is 23.3. The Balaban J connectivity index is 1.43. The summed E-state index contributed by atoms with van der Waals surface area (Å²) in [5, 5.41) is 9.45. The third kappa shape index (κ3) is 2.63. The molecular formula is C20H17N9. The zero-order valence-corrected chi connectivity index (χ0v) is 15.4. The first-order chi connectivity index (χ1) is 14.2. The summed E-state index contributed by atoms with van der Waals surface area (Å²) in [6.45, 7) is 1.60. The van der Waals surface area contributed by atoms with Crippen LogP contribution in [0, 0.1) is 0 Å². The van der Waals surface area contributed by atoms with Gasteiger partial charge in [0.05, 0.1) is 41.2 Å². The van der Waals surface area contributed by atoms with Crippen LogP contribution in [0.5, 0.6) is 0 Å². The fourth-order valence-electron chi connectivity index (χ4n) is 3.70. The normalized spacial score (nSPS) is 14.6. The van der Waals surface area contributed by atoms with Gasteiger partial charge in [-0.3, -0.25) is 15.1 Å². The predicted molar refractivity (Wildman–Crippen MR) is 110 cm³/mol. The molecule has 1 aliphatic rings. The highest BCUT2D eigenvalue weighted by molar-refractivity contribution is 5.95. The second-order valence-electron chi connectivity index (χ2n) is 7.27. The Hall–Kier alpha value is -3.85. The van der Waals surface area contributed by atoms with Gasteiger partial charge in [0.1, 0.15) is 5.82 Å². The van der Waals surface area contributed by atoms with Crippen LogP contribution in [0.1, 0.15) is 0 Å². The van der Waals surface area contributed by atoms with Crippen LogP contribution in [0.2, 0.25) is 0 Å². The fraction of sp³-hybridized carbons (Fsp3) is 0.150. The van der Waals surface area contributed by atoms with Crippen molar-refractivity contribution in [1.29, 1.82) is 0 Å². The van der Waals surface area contributed by atoms with Crippen molar-refractivity contribution in [3.63, 3.8) is 0 Å². The van der Waals surface area contributed by atoms with E-state index >= 15 is 0 Å². The summed E-state index contributed by atoms with van der Waals surface area (Å²) >= 11 is 0. The van der Waals surface area contributed by atoms with E-state index in [4.69, 9.17) is 10.7 Å². The molecule has 6 rings (SSSR count). The van der Waals surface area contributed by atoms with Crippen LogP contribution >= 0.6 is 0 Å². The monoisotopic (exact) mass is 383 g/mol. The standard InChI is InChI=1S/C20H17N9/c21-13-9-29(10-13)18-8-23-7-17(26-18)12-3-14-19(27-28-20(14)24-5-12)15-4-11-1-2-22-6-16(11)25-15/h1-8,13,25H,9-10,21H2,(H,24,27,28). The average Bonchev–Trinajstić information content (AvgIpc) is 3.34. The van der Waals surface area contributed by atoms with Gasteiger partial charge in [0.25, 0.3) is 0 Å². The maximum atomic E-state index is 5.89. The lowest BCUT2D eigenvalue weighted by molar-refractivity contribution is 0.514. The first kappa shape index (κ1) is 16.1. The summed E-state index contributed by atoms with van der Waals surface area (Å²) in [7, 11) is 0. The van der Waals surface area contributed by atoms with Crippen molar-refractivity contribution >= 4 is 27.8 Å². The lowest BCUT2D eigenvalue weighted by atomic mass is 10.1. The van der Waals surface area contributed by atoms with Gasteiger partial charge in [-0.25, -0.2) is 9.97 Å². The van der Waals surface area contributed by atoms with E-state index in [1.807, 2.05) is 18.3 Å². The van der Waals surface area contributed by atoms with Gasteiger partial charge < -0.3 is 15.6 Å². The minimum Gasteiger partial charge on any atom is -0.352 e. The quantitative estimate of drug-likeness (QED) is 0.436. The van der Waals surface area contributed by atoms with E-state index in [0.717, 1.165) is 57.8 Å². The molecule has 5 aromatic rings. The van der Waals surface area contributed by atoms with Crippen LogP contribution in [0.15, 0.2) is 49.2 Å². The van der Waals surface area contributed by atoms with Crippen LogP contribution in [0.4, 0.5) is 5.82 Å². The number of H-pyrrole nitrogens is 2. The van der Waals surface area contributed by atoms with Gasteiger partial charge in [0.15, 0.2) is 5.65 Å². The van der Waals surface area contributed by atoms with Crippen molar-refractivity contribution in [2.24, 2.45) is 5.73 Å². The Labute approximate surface area is 165 Å². The molecule has 0 unspecified atom stereocenters. The molecular weight excluding hydrogens is 366 g/mol. The van der Waals surface area contributed by atoms with Gasteiger partial charge in [-0.05, 0) is 18.2 Å². The molecule has 142 valence electrons. The zero-order valence-electron chi connectivity index (χ0n) is 15.4. The molecule has 0 atom stereocenters. The molecule has 4 N–H and O–H groups in total. The van der Waals surface area contributed by atoms with Gasteiger partial charge >= 0.3 is 0 Å². The highest BCUT2D eigenvalue weighted by Crippen LogP contribution is 2.30. The van der Waals surface area contributed by atoms with E-state index in [0.29, 0.717) is 5.65 Å². The zero-order chi connectivity index (χ0) is 19.4. The second kappa shape index (κ2) is 6.08. The molecule has 9 heteroatoms. The average molecular weight is 383 g/mol. The van der Waals surface area contributed by atoms with Crippen LogP contribution in [0.3, 0.4) is 0 Å². The first-order valence-electron chi connectivity index (χ1n) is 9.35. The summed E-state index contributed by atoms with van der Waals surface area (Å²) in [6.07, 6.45) is 8.88. The first-order valence-corrected chi connectivity index (χ1v) is 9.35. The van der Waals surface area contributed by atoms with Crippen LogP contribution in [-0.4, -0.2) is 54.2 Å². The molecule has 1 fully saturated rings. The third-order valence-corrected chi connectivity index (χ3v) is 5.25. The van der Waals surface area contributed by atoms with Crippen molar-refractivity contribution < 1.29 is 0 Å². The Morgan fingerprint density at radius 1 is 1.07 bits per heavy atom. The van der Waals surface area contributed by atoms with Crippen molar-refractivity contribution in [3.05, 3.63) is 49.2 Å². The number of fused-ring (bicyclic) bond motifs is 2. The molecule has 9 nitrogen and oxygen atoms in total. The lowest BCUT2D eigenvalue weighted by Gasteiger charge is -2.37. The molecule has 0 radical (unpaired) electrons. The SMILES string of the molecule is NC1CN(c2cncc(-c3cnc4n[nH]c(-c5cc6ccncc6[nH]5)c4c3)n2)C1. The van der Waals surface area contributed by atoms with Crippen LogP contribution < -0.4 is 10.6 Å². The fourth-order valence-corrected chi connectivity index (χ4v) is 3.70. The minimum absolute atomic E-state index is 0.207. The number of pyridine rings is 2. The number of rotatable bonds is 3. The Bertz CT molecular complexity index is 1310. The van der Waals surface area contributed by atoms with Crippen molar-refractivity contribution in [2.45, 2.75) is 6.04 Å². The summed E-state index contributed by atoms with van der Waals surface area (Å²) in [5.41, 5.74) is 11.0. The molecule has 0 saturated carbocycles. The number of nitrogens with one attached hydrogen (secondary N) is 2. The highest BCUT2D eigenvalue weighted by Gasteiger charge is 2.24. The maximum Gasteiger partial charge on any atom is 0.181 e. The van der Waals surface area contributed by atoms with E-state index < -0.39 is 0 Å². The Morgan fingerprint density at radius 3 is 2.86 bits per heavy atom. The van der Waals surface area contributed by atoms with E-state index in [1.165, 1.54) is 0 Å². The number of anilines is 1. The van der Waals surface area contributed by atoms with E-state index in [2.05, 4.69) is 41.1 Å². The van der Waals surface area contributed by atoms with Gasteiger partial charge in [-0.1, -0.05) is 0 Å². The maximum absolute atomic E-state index is 5.89. The Morgan fingerprint density at radius 2 is 2.00 bits per heavy atom. The van der Waals surface area contributed by atoms with Crippen LogP contribution in [0.25, 0.3) is 44.6 Å². The molecule has 0 amide bonds. The molecule has 0 spiro atoms. The highest BCUT2D eigenvalue weighted by atomic mass is 15.3. The third-order valence-electron chi connectivity index (χ3n) is 5.25. The van der Waals surface area contributed by atoms with Gasteiger partial charge in [-0.15, -0.1) is 0 Å². The molecule has 6 heterocycles. The predicted octanol–water partition coefficient (Wildman–Crippen LogP) is 2.11. The second-order valence-corrected chi connectivity index (χ2v) is 7.27. The van der Waals surface area contributed by atoms with E-state index in [-0.39, 0.29) is 6.04 Å². The summed E-state index contributed by atoms with van der Waals surface area (Å²) < 4.78 is 0. The number of aromatic nitrogens is 7. The molecule has 1 aliphatic heterocycles. The smallest absolute Gasteiger partial charge is 0.181 e. The molecule has 0 aliphatic carbocycles. The van der Waals surface area contributed by atoms with E-state index in [9.17, 15) is 0 Å². The number of aromatic amines is 2. The summed E-state index contributed by atoms with van der Waals surface area (Å²) in [6, 6.07) is 6.30. The molecule has 1 saturated heterocycles. The largest absolute Gasteiger partial charge is 0.352 e. The minimum atomic E-state index is 0.207. The lowest BCUT2D eigenvalue weighted by Crippen LogP contribution is -2.56. The molecule has 0 bridgehead atoms. The molecule has 5 aromatic heterocycles.